The van der Waals surface area contributed by atoms with Crippen LogP contribution in [0, 0.1) is 0 Å². The fourth-order valence-corrected chi connectivity index (χ4v) is 2.41. The molecule has 4 heteroatoms. The van der Waals surface area contributed by atoms with E-state index in [9.17, 15) is 9.59 Å². The van der Waals surface area contributed by atoms with E-state index in [2.05, 4.69) is 12.2 Å². The molecule has 122 valence electrons. The first-order chi connectivity index (χ1) is 10.5. The monoisotopic (exact) mass is 305 g/mol. The zero-order valence-corrected chi connectivity index (χ0v) is 14.1. The van der Waals surface area contributed by atoms with E-state index in [-0.39, 0.29) is 24.2 Å². The lowest BCUT2D eigenvalue weighted by Gasteiger charge is -2.15. The lowest BCUT2D eigenvalue weighted by molar-refractivity contribution is -0.121. The minimum atomic E-state index is -0.0389. The van der Waals surface area contributed by atoms with Crippen LogP contribution in [0.2, 0.25) is 0 Å². The SMILES string of the molecule is CCCCCC(C)NC(=O)Cc1cc(C(C)=O)ccc1OC. The lowest BCUT2D eigenvalue weighted by atomic mass is 10.0. The van der Waals surface area contributed by atoms with Crippen LogP contribution < -0.4 is 10.1 Å². The average molecular weight is 305 g/mol. The normalized spacial score (nSPS) is 11.8. The molecule has 0 fully saturated rings. The number of Topliss-reactive ketones (excluding diaryl/α,β-unsaturated/α-hetero) is 1. The summed E-state index contributed by atoms with van der Waals surface area (Å²) in [6.07, 6.45) is 4.71. The molecule has 1 atom stereocenters. The van der Waals surface area contributed by atoms with Gasteiger partial charge in [0.1, 0.15) is 5.75 Å². The third-order valence-electron chi connectivity index (χ3n) is 3.69. The predicted molar refractivity (Wildman–Crippen MR) is 88.4 cm³/mol. The van der Waals surface area contributed by atoms with E-state index in [0.717, 1.165) is 18.4 Å². The molecule has 1 aromatic rings. The molecule has 1 rings (SSSR count). The van der Waals surface area contributed by atoms with Crippen molar-refractivity contribution in [1.82, 2.24) is 5.32 Å². The second-order valence-electron chi connectivity index (χ2n) is 5.72. The second-order valence-corrected chi connectivity index (χ2v) is 5.72. The van der Waals surface area contributed by atoms with Gasteiger partial charge >= 0.3 is 0 Å². The maximum absolute atomic E-state index is 12.2. The molecule has 4 nitrogen and oxygen atoms in total. The van der Waals surface area contributed by atoms with Gasteiger partial charge in [0.05, 0.1) is 13.5 Å². The molecule has 0 saturated heterocycles. The van der Waals surface area contributed by atoms with Gasteiger partial charge in [-0.3, -0.25) is 9.59 Å². The molecule has 1 amide bonds. The number of carbonyl (C=O) groups excluding carboxylic acids is 2. The first kappa shape index (κ1) is 18.2. The van der Waals surface area contributed by atoms with Crippen LogP contribution >= 0.6 is 0 Å². The summed E-state index contributed by atoms with van der Waals surface area (Å²) in [7, 11) is 1.57. The van der Waals surface area contributed by atoms with Crippen LogP contribution in [0.4, 0.5) is 0 Å². The molecule has 0 aliphatic heterocycles. The Labute approximate surface area is 133 Å². The van der Waals surface area contributed by atoms with Gasteiger partial charge in [-0.1, -0.05) is 26.2 Å². The van der Waals surface area contributed by atoms with Gasteiger partial charge in [-0.15, -0.1) is 0 Å². The second kappa shape index (κ2) is 9.23. The summed E-state index contributed by atoms with van der Waals surface area (Å²) in [6, 6.07) is 5.36. The van der Waals surface area contributed by atoms with Crippen LogP contribution in [0.1, 0.15) is 62.4 Å². The van der Waals surface area contributed by atoms with Crippen molar-refractivity contribution < 1.29 is 14.3 Å². The summed E-state index contributed by atoms with van der Waals surface area (Å²) in [5, 5.41) is 3.01. The van der Waals surface area contributed by atoms with Gasteiger partial charge in [0.25, 0.3) is 0 Å². The Morgan fingerprint density at radius 2 is 2.00 bits per heavy atom. The van der Waals surface area contributed by atoms with Crippen molar-refractivity contribution in [2.75, 3.05) is 7.11 Å². The molecular formula is C18H27NO3. The number of amides is 1. The Hall–Kier alpha value is -1.84. The number of benzene rings is 1. The van der Waals surface area contributed by atoms with Crippen LogP contribution in [0.25, 0.3) is 0 Å². The van der Waals surface area contributed by atoms with E-state index in [4.69, 9.17) is 4.74 Å². The molecule has 1 N–H and O–H groups in total. The van der Waals surface area contributed by atoms with E-state index in [1.807, 2.05) is 6.92 Å². The zero-order chi connectivity index (χ0) is 16.5. The van der Waals surface area contributed by atoms with Crippen LogP contribution in [0.15, 0.2) is 18.2 Å². The molecule has 0 aliphatic rings. The van der Waals surface area contributed by atoms with Gasteiger partial charge in [-0.05, 0) is 38.5 Å². The Morgan fingerprint density at radius 3 is 2.59 bits per heavy atom. The van der Waals surface area contributed by atoms with Crippen LogP contribution in [-0.4, -0.2) is 24.8 Å². The van der Waals surface area contributed by atoms with Crippen molar-refractivity contribution in [3.8, 4) is 5.75 Å². The molecule has 0 radical (unpaired) electrons. The van der Waals surface area contributed by atoms with Crippen LogP contribution in [0.5, 0.6) is 5.75 Å². The first-order valence-electron chi connectivity index (χ1n) is 7.95. The van der Waals surface area contributed by atoms with Crippen LogP contribution in [0.3, 0.4) is 0 Å². The van der Waals surface area contributed by atoms with Gasteiger partial charge in [-0.2, -0.15) is 0 Å². The molecule has 0 saturated carbocycles. The van der Waals surface area contributed by atoms with Gasteiger partial charge in [0.2, 0.25) is 5.91 Å². The Bertz CT molecular complexity index is 511. The summed E-state index contributed by atoms with van der Waals surface area (Å²) in [4.78, 5) is 23.6. The molecule has 22 heavy (non-hydrogen) atoms. The summed E-state index contributed by atoms with van der Waals surface area (Å²) in [6.45, 7) is 5.70. The Morgan fingerprint density at radius 1 is 1.27 bits per heavy atom. The summed E-state index contributed by atoms with van der Waals surface area (Å²) < 4.78 is 5.27. The largest absolute Gasteiger partial charge is 0.496 e. The molecular weight excluding hydrogens is 278 g/mol. The fraction of sp³-hybridized carbons (Fsp3) is 0.556. The van der Waals surface area contributed by atoms with Crippen molar-refractivity contribution in [3.63, 3.8) is 0 Å². The third-order valence-corrected chi connectivity index (χ3v) is 3.69. The molecule has 0 aliphatic carbocycles. The highest BCUT2D eigenvalue weighted by atomic mass is 16.5. The number of hydrogen-bond acceptors (Lipinski definition) is 3. The number of carbonyl (C=O) groups is 2. The molecule has 0 heterocycles. The summed E-state index contributed by atoms with van der Waals surface area (Å²) in [5.41, 5.74) is 1.34. The highest BCUT2D eigenvalue weighted by molar-refractivity contribution is 5.94. The summed E-state index contributed by atoms with van der Waals surface area (Å²) >= 11 is 0. The predicted octanol–water partition coefficient (Wildman–Crippen LogP) is 3.53. The van der Waals surface area contributed by atoms with E-state index in [1.165, 1.54) is 19.8 Å². The van der Waals surface area contributed by atoms with Crippen molar-refractivity contribution >= 4 is 11.7 Å². The standard InChI is InChI=1S/C18H27NO3/c1-5-6-7-8-13(2)19-18(21)12-16-11-15(14(3)20)9-10-17(16)22-4/h9-11,13H,5-8,12H2,1-4H3,(H,19,21). The van der Waals surface area contributed by atoms with Crippen molar-refractivity contribution in [1.29, 1.82) is 0 Å². The van der Waals surface area contributed by atoms with Gasteiger partial charge in [0.15, 0.2) is 5.78 Å². The van der Waals surface area contributed by atoms with E-state index in [1.54, 1.807) is 25.3 Å². The number of methoxy groups -OCH3 is 1. The zero-order valence-electron chi connectivity index (χ0n) is 14.1. The summed E-state index contributed by atoms with van der Waals surface area (Å²) in [5.74, 6) is 0.582. The topological polar surface area (TPSA) is 55.4 Å². The quantitative estimate of drug-likeness (QED) is 0.561. The third kappa shape index (κ3) is 5.88. The highest BCUT2D eigenvalue weighted by Gasteiger charge is 2.13. The number of rotatable bonds is 9. The highest BCUT2D eigenvalue weighted by Crippen LogP contribution is 2.21. The average Bonchev–Trinajstić information content (AvgIpc) is 2.47. The van der Waals surface area contributed by atoms with Gasteiger partial charge in [-0.25, -0.2) is 0 Å². The molecule has 0 spiro atoms. The van der Waals surface area contributed by atoms with E-state index in [0.29, 0.717) is 11.3 Å². The maximum Gasteiger partial charge on any atom is 0.224 e. The molecule has 1 unspecified atom stereocenters. The molecule has 0 bridgehead atoms. The molecule has 1 aromatic carbocycles. The smallest absolute Gasteiger partial charge is 0.224 e. The van der Waals surface area contributed by atoms with E-state index < -0.39 is 0 Å². The maximum atomic E-state index is 12.2. The number of hydrogen-bond donors (Lipinski definition) is 1. The van der Waals surface area contributed by atoms with Gasteiger partial charge in [0, 0.05) is 17.2 Å². The first-order valence-corrected chi connectivity index (χ1v) is 7.95. The molecule has 0 aromatic heterocycles. The minimum absolute atomic E-state index is 0.0164. The lowest BCUT2D eigenvalue weighted by Crippen LogP contribution is -2.33. The Kier molecular flexibility index (Phi) is 7.64. The number of unbranched alkanes of at least 4 members (excludes halogenated alkanes) is 2. The van der Waals surface area contributed by atoms with Crippen molar-refractivity contribution in [3.05, 3.63) is 29.3 Å². The fourth-order valence-electron chi connectivity index (χ4n) is 2.41. The van der Waals surface area contributed by atoms with Crippen molar-refractivity contribution in [2.24, 2.45) is 0 Å². The van der Waals surface area contributed by atoms with Crippen molar-refractivity contribution in [2.45, 2.75) is 58.9 Å². The van der Waals surface area contributed by atoms with Gasteiger partial charge < -0.3 is 10.1 Å². The number of ketones is 1. The van der Waals surface area contributed by atoms with E-state index >= 15 is 0 Å². The number of nitrogens with one attached hydrogen (secondary N) is 1. The van der Waals surface area contributed by atoms with Crippen LogP contribution in [-0.2, 0) is 11.2 Å². The Balaban J connectivity index is 2.66. The minimum Gasteiger partial charge on any atom is -0.496 e. The number of ether oxygens (including phenoxy) is 1.